The van der Waals surface area contributed by atoms with Crippen LogP contribution in [0, 0.1) is 17.3 Å². The minimum absolute atomic E-state index is 0.0402. The van der Waals surface area contributed by atoms with E-state index in [2.05, 4.69) is 36.6 Å². The molecule has 5 rings (SSSR count). The second-order valence-electron chi connectivity index (χ2n) is 7.02. The summed E-state index contributed by atoms with van der Waals surface area (Å²) < 4.78 is 0. The maximum absolute atomic E-state index is 12.2. The highest BCUT2D eigenvalue weighted by Gasteiger charge is 2.70. The van der Waals surface area contributed by atoms with Crippen LogP contribution in [0.1, 0.15) is 31.2 Å². The molecular weight excluding hydrogens is 266 g/mol. The van der Waals surface area contributed by atoms with Gasteiger partial charge in [-0.3, -0.25) is 4.79 Å². The summed E-state index contributed by atoms with van der Waals surface area (Å²) in [5.41, 5.74) is 7.29. The molecule has 5 atom stereocenters. The Bertz CT molecular complexity index is 559. The predicted molar refractivity (Wildman–Crippen MR) is 82.5 cm³/mol. The second kappa shape index (κ2) is 4.03. The minimum Gasteiger partial charge on any atom is -0.369 e. The van der Waals surface area contributed by atoms with Gasteiger partial charge in [0.25, 0.3) is 0 Å². The average Bonchev–Trinajstić information content (AvgIpc) is 2.83. The number of thioether (sulfide) groups is 1. The number of carbonyl (C=O) groups excluding carboxylic acids is 1. The molecule has 106 valence electrons. The molecule has 0 radical (unpaired) electrons. The molecule has 1 aromatic carbocycles. The van der Waals surface area contributed by atoms with E-state index in [1.165, 1.54) is 12.0 Å². The fourth-order valence-electron chi connectivity index (χ4n) is 5.69. The summed E-state index contributed by atoms with van der Waals surface area (Å²) >= 11 is 1.96. The van der Waals surface area contributed by atoms with Crippen LogP contribution in [0.2, 0.25) is 0 Å². The van der Waals surface area contributed by atoms with Crippen molar-refractivity contribution in [3.8, 4) is 0 Å². The molecular formula is C17H21NOS. The summed E-state index contributed by atoms with van der Waals surface area (Å²) in [7, 11) is 0. The third kappa shape index (κ3) is 1.40. The van der Waals surface area contributed by atoms with Crippen molar-refractivity contribution in [1.29, 1.82) is 0 Å². The molecule has 4 aliphatic carbocycles. The van der Waals surface area contributed by atoms with Gasteiger partial charge in [-0.1, -0.05) is 30.3 Å². The van der Waals surface area contributed by atoms with Crippen molar-refractivity contribution in [2.24, 2.45) is 23.0 Å². The van der Waals surface area contributed by atoms with Gasteiger partial charge in [-0.15, -0.1) is 0 Å². The second-order valence-corrected chi connectivity index (χ2v) is 8.04. The smallest absolute Gasteiger partial charge is 0.224 e. The molecule has 4 saturated carbocycles. The van der Waals surface area contributed by atoms with E-state index in [9.17, 15) is 4.79 Å². The van der Waals surface area contributed by atoms with Gasteiger partial charge in [0, 0.05) is 5.25 Å². The molecule has 4 fully saturated rings. The zero-order valence-electron chi connectivity index (χ0n) is 11.8. The zero-order valence-corrected chi connectivity index (χ0v) is 12.7. The molecule has 0 spiro atoms. The number of amides is 1. The Kier molecular flexibility index (Phi) is 2.57. The predicted octanol–water partition coefficient (Wildman–Crippen LogP) is 2.96. The molecule has 4 bridgehead atoms. The molecule has 4 unspecified atom stereocenters. The van der Waals surface area contributed by atoms with Crippen molar-refractivity contribution in [2.45, 2.75) is 36.3 Å². The largest absolute Gasteiger partial charge is 0.369 e. The van der Waals surface area contributed by atoms with Crippen molar-refractivity contribution >= 4 is 17.7 Å². The number of rotatable bonds is 3. The van der Waals surface area contributed by atoms with Crippen LogP contribution in [-0.4, -0.2) is 17.4 Å². The van der Waals surface area contributed by atoms with Gasteiger partial charge in [-0.2, -0.15) is 11.8 Å². The third-order valence-electron chi connectivity index (χ3n) is 6.26. The van der Waals surface area contributed by atoms with Crippen LogP contribution in [0.4, 0.5) is 0 Å². The first-order valence-corrected chi connectivity index (χ1v) is 8.78. The first-order chi connectivity index (χ1) is 9.61. The molecule has 4 aliphatic rings. The molecule has 0 aromatic heterocycles. The fraction of sp³-hybridized carbons (Fsp3) is 0.588. The van der Waals surface area contributed by atoms with Gasteiger partial charge >= 0.3 is 0 Å². The van der Waals surface area contributed by atoms with Crippen molar-refractivity contribution < 1.29 is 4.79 Å². The van der Waals surface area contributed by atoms with Gasteiger partial charge in [0.15, 0.2) is 0 Å². The number of primary amides is 1. The van der Waals surface area contributed by atoms with E-state index < -0.39 is 0 Å². The van der Waals surface area contributed by atoms with E-state index in [1.54, 1.807) is 0 Å². The normalized spacial score (nSPS) is 45.0. The van der Waals surface area contributed by atoms with Gasteiger partial charge < -0.3 is 5.73 Å². The highest BCUT2D eigenvalue weighted by molar-refractivity contribution is 7.99. The number of carbonyl (C=O) groups is 1. The quantitative estimate of drug-likeness (QED) is 0.929. The Balaban J connectivity index is 1.81. The third-order valence-corrected chi connectivity index (χ3v) is 7.52. The van der Waals surface area contributed by atoms with Crippen molar-refractivity contribution in [3.63, 3.8) is 0 Å². The van der Waals surface area contributed by atoms with Gasteiger partial charge in [-0.25, -0.2) is 0 Å². The van der Waals surface area contributed by atoms with Crippen LogP contribution in [0.15, 0.2) is 30.3 Å². The maximum atomic E-state index is 12.2. The van der Waals surface area contributed by atoms with Gasteiger partial charge in [0.1, 0.15) is 0 Å². The van der Waals surface area contributed by atoms with E-state index >= 15 is 0 Å². The van der Waals surface area contributed by atoms with Crippen molar-refractivity contribution in [1.82, 2.24) is 0 Å². The lowest BCUT2D eigenvalue weighted by molar-refractivity contribution is -0.129. The molecule has 2 N–H and O–H groups in total. The number of hydrogen-bond donors (Lipinski definition) is 1. The van der Waals surface area contributed by atoms with E-state index in [4.69, 9.17) is 5.73 Å². The molecule has 1 amide bonds. The number of nitrogens with two attached hydrogens (primary N) is 1. The van der Waals surface area contributed by atoms with Gasteiger partial charge in [-0.05, 0) is 54.8 Å². The monoisotopic (exact) mass is 287 g/mol. The summed E-state index contributed by atoms with van der Waals surface area (Å²) in [5.74, 6) is 1.13. The summed E-state index contributed by atoms with van der Waals surface area (Å²) in [4.78, 5) is 12.2. The van der Waals surface area contributed by atoms with Crippen LogP contribution in [0.25, 0.3) is 0 Å². The van der Waals surface area contributed by atoms with Crippen LogP contribution >= 0.6 is 11.8 Å². The summed E-state index contributed by atoms with van der Waals surface area (Å²) in [6, 6.07) is 10.8. The van der Waals surface area contributed by atoms with E-state index in [0.717, 1.165) is 19.3 Å². The summed E-state index contributed by atoms with van der Waals surface area (Å²) in [6.07, 6.45) is 6.61. The lowest BCUT2D eigenvalue weighted by Gasteiger charge is -2.42. The van der Waals surface area contributed by atoms with Crippen LogP contribution in [-0.2, 0) is 10.2 Å². The molecule has 3 heteroatoms. The van der Waals surface area contributed by atoms with Crippen LogP contribution in [0.5, 0.6) is 0 Å². The van der Waals surface area contributed by atoms with Crippen LogP contribution in [0.3, 0.4) is 0 Å². The van der Waals surface area contributed by atoms with Crippen molar-refractivity contribution in [3.05, 3.63) is 35.9 Å². The topological polar surface area (TPSA) is 43.1 Å². The average molecular weight is 287 g/mol. The van der Waals surface area contributed by atoms with E-state index in [0.29, 0.717) is 17.1 Å². The molecule has 2 nitrogen and oxygen atoms in total. The van der Waals surface area contributed by atoms with Gasteiger partial charge in [0.2, 0.25) is 5.91 Å². The van der Waals surface area contributed by atoms with E-state index in [-0.39, 0.29) is 16.7 Å². The molecule has 20 heavy (non-hydrogen) atoms. The Morgan fingerprint density at radius 3 is 2.65 bits per heavy atom. The Morgan fingerprint density at radius 2 is 2.00 bits per heavy atom. The van der Waals surface area contributed by atoms with E-state index in [1.807, 2.05) is 11.8 Å². The Morgan fingerprint density at radius 1 is 1.25 bits per heavy atom. The molecule has 0 aliphatic heterocycles. The highest BCUT2D eigenvalue weighted by atomic mass is 32.2. The SMILES string of the molecule is CS[C@H]1C2CC3(c4ccccc4)CC1C(C(N)=O)(C2)C3. The number of benzene rings is 1. The maximum Gasteiger partial charge on any atom is 0.224 e. The molecule has 0 heterocycles. The van der Waals surface area contributed by atoms with Crippen LogP contribution < -0.4 is 5.73 Å². The molecule has 1 aromatic rings. The Labute approximate surface area is 124 Å². The summed E-state index contributed by atoms with van der Waals surface area (Å²) in [5, 5.41) is 0.641. The molecule has 0 saturated heterocycles. The standard InChI is InChI=1S/C17H21NOS/c1-20-14-11-7-16(12-5-3-2-4-6-12)9-13(14)17(8-11,10-16)15(18)19/h2-6,11,13-14H,7-10H2,1H3,(H2,18,19)/t11?,13?,14-,16?,17?/m0/s1. The van der Waals surface area contributed by atoms with Crippen molar-refractivity contribution in [2.75, 3.05) is 6.26 Å². The first-order valence-electron chi connectivity index (χ1n) is 7.50. The zero-order chi connectivity index (χ0) is 14.0. The first kappa shape index (κ1) is 12.8. The lowest BCUT2D eigenvalue weighted by Crippen LogP contribution is -2.41. The Hall–Kier alpha value is -0.960. The number of hydrogen-bond acceptors (Lipinski definition) is 2. The summed E-state index contributed by atoms with van der Waals surface area (Å²) in [6.45, 7) is 0. The fourth-order valence-corrected chi connectivity index (χ4v) is 6.96. The minimum atomic E-state index is -0.216. The van der Waals surface area contributed by atoms with Gasteiger partial charge in [0.05, 0.1) is 5.41 Å². The lowest BCUT2D eigenvalue weighted by atomic mass is 9.63. The highest BCUT2D eigenvalue weighted by Crippen LogP contribution is 2.72.